The van der Waals surface area contributed by atoms with Crippen molar-refractivity contribution in [3.63, 3.8) is 0 Å². The molecule has 0 heterocycles. The molecule has 3 rings (SSSR count). The Hall–Kier alpha value is -4.08. The van der Waals surface area contributed by atoms with E-state index in [0.717, 1.165) is 11.1 Å². The lowest BCUT2D eigenvalue weighted by atomic mass is 10.1. The van der Waals surface area contributed by atoms with E-state index in [2.05, 4.69) is 21.2 Å². The van der Waals surface area contributed by atoms with Crippen LogP contribution in [0.5, 0.6) is 11.5 Å². The van der Waals surface area contributed by atoms with Gasteiger partial charge in [-0.25, -0.2) is 5.43 Å². The van der Waals surface area contributed by atoms with Crippen molar-refractivity contribution < 1.29 is 23.9 Å². The first-order valence-electron chi connectivity index (χ1n) is 11.0. The number of aryl methyl sites for hydroxylation is 1. The van der Waals surface area contributed by atoms with Crippen LogP contribution in [-0.4, -0.2) is 37.7 Å². The van der Waals surface area contributed by atoms with Crippen LogP contribution in [0.4, 0.5) is 5.69 Å². The molecule has 3 N–H and O–H groups in total. The van der Waals surface area contributed by atoms with Gasteiger partial charge in [0.2, 0.25) is 0 Å². The van der Waals surface area contributed by atoms with E-state index in [4.69, 9.17) is 32.7 Å². The van der Waals surface area contributed by atoms with E-state index in [0.29, 0.717) is 27.8 Å². The predicted molar refractivity (Wildman–Crippen MR) is 142 cm³/mol. The zero-order chi connectivity index (χ0) is 26.8. The number of nitrogens with zero attached hydrogens (tertiary/aromatic N) is 1. The molecule has 0 saturated heterocycles. The number of amides is 3. The topological polar surface area (TPSA) is 118 Å². The van der Waals surface area contributed by atoms with Crippen LogP contribution in [0.1, 0.15) is 16.7 Å². The summed E-state index contributed by atoms with van der Waals surface area (Å²) in [6, 6.07) is 17.3. The first kappa shape index (κ1) is 27.5. The highest BCUT2D eigenvalue weighted by Gasteiger charge is 2.13. The Morgan fingerprint density at radius 2 is 1.73 bits per heavy atom. The van der Waals surface area contributed by atoms with Gasteiger partial charge in [-0.15, -0.1) is 0 Å². The van der Waals surface area contributed by atoms with Crippen LogP contribution in [0.2, 0.25) is 10.0 Å². The third-order valence-electron chi connectivity index (χ3n) is 4.93. The number of rotatable bonds is 9. The van der Waals surface area contributed by atoms with Gasteiger partial charge >= 0.3 is 11.8 Å². The van der Waals surface area contributed by atoms with Crippen molar-refractivity contribution in [2.24, 2.45) is 5.10 Å². The number of hydrazone groups is 1. The van der Waals surface area contributed by atoms with E-state index in [1.54, 1.807) is 36.4 Å². The fourth-order valence-electron chi connectivity index (χ4n) is 3.00. The quantitative estimate of drug-likeness (QED) is 0.214. The summed E-state index contributed by atoms with van der Waals surface area (Å²) >= 11 is 12.0. The molecule has 0 aliphatic heterocycles. The molecule has 0 saturated carbocycles. The zero-order valence-corrected chi connectivity index (χ0v) is 21.5. The minimum Gasteiger partial charge on any atom is -0.493 e. The first-order valence-corrected chi connectivity index (χ1v) is 11.7. The van der Waals surface area contributed by atoms with Crippen LogP contribution in [-0.2, 0) is 20.9 Å². The van der Waals surface area contributed by atoms with E-state index < -0.39 is 17.7 Å². The normalized spacial score (nSPS) is 10.6. The van der Waals surface area contributed by atoms with E-state index in [1.165, 1.54) is 13.3 Å². The number of methoxy groups -OCH3 is 1. The number of halogens is 2. The number of carbonyl (C=O) groups excluding carboxylic acids is 3. The lowest BCUT2D eigenvalue weighted by Gasteiger charge is -2.12. The maximum absolute atomic E-state index is 12.2. The summed E-state index contributed by atoms with van der Waals surface area (Å²) in [7, 11) is 1.44. The largest absolute Gasteiger partial charge is 0.493 e. The molecule has 9 nitrogen and oxygen atoms in total. The van der Waals surface area contributed by atoms with Crippen molar-refractivity contribution in [1.82, 2.24) is 10.7 Å². The smallest absolute Gasteiger partial charge is 0.329 e. The summed E-state index contributed by atoms with van der Waals surface area (Å²) in [5, 5.41) is 9.50. The molecule has 3 aromatic rings. The molecular formula is C26H24Cl2N4O5. The Morgan fingerprint density at radius 3 is 2.46 bits per heavy atom. The van der Waals surface area contributed by atoms with Gasteiger partial charge in [-0.1, -0.05) is 59.1 Å². The Morgan fingerprint density at radius 1 is 0.973 bits per heavy atom. The second kappa shape index (κ2) is 13.3. The van der Waals surface area contributed by atoms with Gasteiger partial charge in [0.15, 0.2) is 18.1 Å². The molecular weight excluding hydrogens is 519 g/mol. The zero-order valence-electron chi connectivity index (χ0n) is 20.0. The summed E-state index contributed by atoms with van der Waals surface area (Å²) in [6.07, 6.45) is 1.34. The number of anilines is 1. The van der Waals surface area contributed by atoms with Crippen LogP contribution < -0.4 is 25.5 Å². The van der Waals surface area contributed by atoms with Gasteiger partial charge in [-0.05, 0) is 48.4 Å². The highest BCUT2D eigenvalue weighted by molar-refractivity contribution is 6.44. The fourth-order valence-corrected chi connectivity index (χ4v) is 3.35. The van der Waals surface area contributed by atoms with Crippen LogP contribution in [0.25, 0.3) is 0 Å². The SMILES string of the molecule is COc1cc(/C=N\NC(=O)C(=O)NCc2ccc(C)cc2)ccc1OCC(=O)Nc1cccc(Cl)c1Cl. The van der Waals surface area contributed by atoms with E-state index in [9.17, 15) is 14.4 Å². The third kappa shape index (κ3) is 8.23. The average Bonchev–Trinajstić information content (AvgIpc) is 2.89. The molecule has 3 amide bonds. The molecule has 0 fully saturated rings. The molecule has 0 aromatic heterocycles. The Kier molecular flexibility index (Phi) is 9.88. The molecule has 0 aliphatic rings. The summed E-state index contributed by atoms with van der Waals surface area (Å²) in [6.45, 7) is 1.88. The number of carbonyl (C=O) groups is 3. The highest BCUT2D eigenvalue weighted by atomic mass is 35.5. The summed E-state index contributed by atoms with van der Waals surface area (Å²) in [5.41, 5.74) is 5.07. The molecule has 3 aromatic carbocycles. The minimum absolute atomic E-state index is 0.221. The van der Waals surface area contributed by atoms with Crippen LogP contribution >= 0.6 is 23.2 Å². The Balaban J connectivity index is 1.50. The third-order valence-corrected chi connectivity index (χ3v) is 5.75. The van der Waals surface area contributed by atoms with E-state index >= 15 is 0 Å². The average molecular weight is 543 g/mol. The van der Waals surface area contributed by atoms with Gasteiger partial charge < -0.3 is 20.1 Å². The number of hydrogen-bond donors (Lipinski definition) is 3. The molecule has 11 heteroatoms. The molecule has 37 heavy (non-hydrogen) atoms. The van der Waals surface area contributed by atoms with Crippen molar-refractivity contribution in [2.75, 3.05) is 19.0 Å². The summed E-state index contributed by atoms with van der Waals surface area (Å²) in [4.78, 5) is 36.2. The molecule has 0 aliphatic carbocycles. The standard InChI is InChI=1S/C26H24Cl2N4O5/c1-16-6-8-17(9-7-16)13-29-25(34)26(35)32-30-14-18-10-11-21(22(12-18)36-2)37-15-23(33)31-20-5-3-4-19(27)24(20)28/h3-12,14H,13,15H2,1-2H3,(H,29,34)(H,31,33)(H,32,35)/b30-14-. The van der Waals surface area contributed by atoms with Gasteiger partial charge in [-0.2, -0.15) is 5.10 Å². The number of nitrogens with one attached hydrogen (secondary N) is 3. The van der Waals surface area contributed by atoms with Crippen molar-refractivity contribution in [3.05, 3.63) is 87.4 Å². The number of ether oxygens (including phenoxy) is 2. The Labute approximate surface area is 223 Å². The minimum atomic E-state index is -0.902. The summed E-state index contributed by atoms with van der Waals surface area (Å²) < 4.78 is 10.9. The van der Waals surface area contributed by atoms with E-state index in [-0.39, 0.29) is 18.2 Å². The van der Waals surface area contributed by atoms with Crippen LogP contribution in [0.15, 0.2) is 65.8 Å². The molecule has 0 radical (unpaired) electrons. The molecule has 0 bridgehead atoms. The van der Waals surface area contributed by atoms with Crippen molar-refractivity contribution in [3.8, 4) is 11.5 Å². The van der Waals surface area contributed by atoms with Crippen LogP contribution in [0, 0.1) is 6.92 Å². The van der Waals surface area contributed by atoms with Gasteiger partial charge in [0.05, 0.1) is 29.1 Å². The van der Waals surface area contributed by atoms with Gasteiger partial charge in [0, 0.05) is 6.54 Å². The van der Waals surface area contributed by atoms with Crippen molar-refractivity contribution in [2.45, 2.75) is 13.5 Å². The van der Waals surface area contributed by atoms with Gasteiger partial charge in [0.25, 0.3) is 5.91 Å². The monoisotopic (exact) mass is 542 g/mol. The first-order chi connectivity index (χ1) is 17.8. The maximum Gasteiger partial charge on any atom is 0.329 e. The van der Waals surface area contributed by atoms with Crippen molar-refractivity contribution in [1.29, 1.82) is 0 Å². The Bertz CT molecular complexity index is 1310. The second-order valence-electron chi connectivity index (χ2n) is 7.72. The van der Waals surface area contributed by atoms with Gasteiger partial charge in [0.1, 0.15) is 0 Å². The molecule has 0 spiro atoms. The van der Waals surface area contributed by atoms with Crippen molar-refractivity contribution >= 4 is 52.8 Å². The molecule has 0 unspecified atom stereocenters. The number of benzene rings is 3. The summed E-state index contributed by atoms with van der Waals surface area (Å²) in [5.74, 6) is -1.51. The molecule has 192 valence electrons. The van der Waals surface area contributed by atoms with Gasteiger partial charge in [-0.3, -0.25) is 14.4 Å². The highest BCUT2D eigenvalue weighted by Crippen LogP contribution is 2.30. The lowest BCUT2D eigenvalue weighted by Crippen LogP contribution is -2.37. The van der Waals surface area contributed by atoms with E-state index in [1.807, 2.05) is 31.2 Å². The second-order valence-corrected chi connectivity index (χ2v) is 8.50. The number of hydrogen-bond acceptors (Lipinski definition) is 6. The lowest BCUT2D eigenvalue weighted by molar-refractivity contribution is -0.139. The van der Waals surface area contributed by atoms with Crippen LogP contribution in [0.3, 0.4) is 0 Å². The molecule has 0 atom stereocenters. The predicted octanol–water partition coefficient (Wildman–Crippen LogP) is 4.09. The fraction of sp³-hybridized carbons (Fsp3) is 0.154. The maximum atomic E-state index is 12.2.